The van der Waals surface area contributed by atoms with E-state index >= 15 is 0 Å². The van der Waals surface area contributed by atoms with Crippen LogP contribution in [0.2, 0.25) is 0 Å². The van der Waals surface area contributed by atoms with Crippen molar-refractivity contribution in [3.05, 3.63) is 237 Å². The molecule has 3 heteroatoms. The Labute approximate surface area is 333 Å². The van der Waals surface area contributed by atoms with Crippen molar-refractivity contribution in [1.82, 2.24) is 4.57 Å². The van der Waals surface area contributed by atoms with Crippen LogP contribution in [-0.2, 0) is 0 Å². The molecule has 270 valence electrons. The van der Waals surface area contributed by atoms with Gasteiger partial charge in [0.05, 0.1) is 11.0 Å². The summed E-state index contributed by atoms with van der Waals surface area (Å²) in [7, 11) is 0. The van der Waals surface area contributed by atoms with Crippen LogP contribution in [-0.4, -0.2) is 4.57 Å². The van der Waals surface area contributed by atoms with Gasteiger partial charge in [0.1, 0.15) is 0 Å². The van der Waals surface area contributed by atoms with Gasteiger partial charge in [-0.1, -0.05) is 140 Å². The molecule has 3 nitrogen and oxygen atoms in total. The van der Waals surface area contributed by atoms with Crippen LogP contribution in [0.25, 0.3) is 49.7 Å². The third kappa shape index (κ3) is 6.52. The Hall–Kier alpha value is -7.62. The Bertz CT molecular complexity index is 2820. The fourth-order valence-electron chi connectivity index (χ4n) is 8.06. The van der Waals surface area contributed by atoms with E-state index in [0.717, 1.165) is 39.8 Å². The maximum absolute atomic E-state index is 2.36. The highest BCUT2D eigenvalue weighted by Gasteiger charge is 2.17. The number of fused-ring (bicyclic) bond motifs is 3. The lowest BCUT2D eigenvalue weighted by atomic mass is 10.0. The van der Waals surface area contributed by atoms with Crippen LogP contribution >= 0.6 is 0 Å². The second kappa shape index (κ2) is 14.9. The van der Waals surface area contributed by atoms with Crippen LogP contribution in [0.5, 0.6) is 0 Å². The zero-order valence-corrected chi connectivity index (χ0v) is 31.4. The summed E-state index contributed by atoms with van der Waals surface area (Å²) in [5, 5.41) is 2.54. The Morgan fingerprint density at radius 1 is 0.246 bits per heavy atom. The normalized spacial score (nSPS) is 11.2. The van der Waals surface area contributed by atoms with E-state index in [4.69, 9.17) is 0 Å². The first-order chi connectivity index (χ1) is 28.3. The number of nitrogens with zero attached hydrogens (tertiary/aromatic N) is 3. The van der Waals surface area contributed by atoms with Gasteiger partial charge in [0.2, 0.25) is 0 Å². The highest BCUT2D eigenvalue weighted by atomic mass is 15.2. The van der Waals surface area contributed by atoms with Crippen molar-refractivity contribution in [2.45, 2.75) is 0 Å². The molecule has 57 heavy (non-hydrogen) atoms. The van der Waals surface area contributed by atoms with E-state index in [0.29, 0.717) is 0 Å². The average Bonchev–Trinajstić information content (AvgIpc) is 3.63. The predicted molar refractivity (Wildman–Crippen MR) is 241 cm³/mol. The van der Waals surface area contributed by atoms with Crippen LogP contribution in [0.3, 0.4) is 0 Å². The summed E-state index contributed by atoms with van der Waals surface area (Å²) >= 11 is 0. The van der Waals surface area contributed by atoms with Gasteiger partial charge in [-0.25, -0.2) is 0 Å². The zero-order chi connectivity index (χ0) is 38.0. The van der Waals surface area contributed by atoms with E-state index in [9.17, 15) is 0 Å². The molecule has 1 heterocycles. The topological polar surface area (TPSA) is 11.4 Å². The summed E-state index contributed by atoms with van der Waals surface area (Å²) in [5.74, 6) is 0. The third-order valence-corrected chi connectivity index (χ3v) is 10.8. The van der Waals surface area contributed by atoms with Gasteiger partial charge < -0.3 is 14.4 Å². The molecule has 0 spiro atoms. The van der Waals surface area contributed by atoms with Crippen LogP contribution < -0.4 is 9.80 Å². The van der Waals surface area contributed by atoms with Crippen molar-refractivity contribution in [2.75, 3.05) is 9.80 Å². The summed E-state index contributed by atoms with van der Waals surface area (Å²) in [6, 6.07) is 84.6. The minimum atomic E-state index is 1.08. The quantitative estimate of drug-likeness (QED) is 0.147. The number of hydrogen-bond donors (Lipinski definition) is 0. The molecule has 0 saturated heterocycles. The van der Waals surface area contributed by atoms with E-state index in [1.807, 2.05) is 0 Å². The van der Waals surface area contributed by atoms with Gasteiger partial charge in [-0.2, -0.15) is 0 Å². The number of aromatic nitrogens is 1. The van der Waals surface area contributed by atoms with Crippen LogP contribution in [0.15, 0.2) is 237 Å². The lowest BCUT2D eigenvalue weighted by Gasteiger charge is -2.28. The molecule has 0 aliphatic heterocycles. The second-order valence-electron chi connectivity index (χ2n) is 14.2. The molecule has 9 aromatic carbocycles. The highest BCUT2D eigenvalue weighted by Crippen LogP contribution is 2.41. The number of rotatable bonds is 9. The Morgan fingerprint density at radius 3 is 1.12 bits per heavy atom. The molecule has 0 saturated carbocycles. The number of anilines is 6. The first kappa shape index (κ1) is 33.9. The SMILES string of the molecule is c1ccc(-c2cccc(N(c3ccc(-c4ccc(-n5c6ccccc6c6ccccc65)cc4)cc3)c3ccc(N(c4ccccc4)c4ccccc4)cc3)c2)cc1. The summed E-state index contributed by atoms with van der Waals surface area (Å²) in [4.78, 5) is 4.65. The minimum Gasteiger partial charge on any atom is -0.311 e. The molecule has 1 aromatic heterocycles. The summed E-state index contributed by atoms with van der Waals surface area (Å²) < 4.78 is 2.36. The molecule has 0 fully saturated rings. The van der Waals surface area contributed by atoms with E-state index in [-0.39, 0.29) is 0 Å². The molecule has 10 rings (SSSR count). The first-order valence-electron chi connectivity index (χ1n) is 19.4. The summed E-state index contributed by atoms with van der Waals surface area (Å²) in [5.41, 5.74) is 14.9. The Balaban J connectivity index is 1.01. The molecule has 10 aromatic rings. The molecule has 0 radical (unpaired) electrons. The van der Waals surface area contributed by atoms with E-state index in [2.05, 4.69) is 251 Å². The molecule has 0 bridgehead atoms. The van der Waals surface area contributed by atoms with Gasteiger partial charge >= 0.3 is 0 Å². The first-order valence-corrected chi connectivity index (χ1v) is 19.4. The molecule has 0 aliphatic carbocycles. The number of hydrogen-bond acceptors (Lipinski definition) is 2. The van der Waals surface area contributed by atoms with Crippen molar-refractivity contribution in [2.24, 2.45) is 0 Å². The van der Waals surface area contributed by atoms with Crippen LogP contribution in [0.4, 0.5) is 34.1 Å². The van der Waals surface area contributed by atoms with Crippen molar-refractivity contribution in [1.29, 1.82) is 0 Å². The lowest BCUT2D eigenvalue weighted by molar-refractivity contribution is 1.18. The molecule has 0 amide bonds. The third-order valence-electron chi connectivity index (χ3n) is 10.8. The van der Waals surface area contributed by atoms with Crippen molar-refractivity contribution >= 4 is 55.9 Å². The van der Waals surface area contributed by atoms with Gasteiger partial charge in [0.25, 0.3) is 0 Å². The van der Waals surface area contributed by atoms with Gasteiger partial charge in [-0.3, -0.25) is 0 Å². The maximum Gasteiger partial charge on any atom is 0.0541 e. The molecule has 0 N–H and O–H groups in total. The molecular weight excluding hydrogens is 691 g/mol. The fraction of sp³-hybridized carbons (Fsp3) is 0. The monoisotopic (exact) mass is 729 g/mol. The van der Waals surface area contributed by atoms with Crippen LogP contribution in [0, 0.1) is 0 Å². The molecule has 0 atom stereocenters. The summed E-state index contributed by atoms with van der Waals surface area (Å²) in [6.07, 6.45) is 0. The largest absolute Gasteiger partial charge is 0.311 e. The van der Waals surface area contributed by atoms with Gasteiger partial charge in [0.15, 0.2) is 0 Å². The minimum absolute atomic E-state index is 1.08. The number of benzene rings is 9. The van der Waals surface area contributed by atoms with Crippen LogP contribution in [0.1, 0.15) is 0 Å². The average molecular weight is 730 g/mol. The predicted octanol–water partition coefficient (Wildman–Crippen LogP) is 15.1. The summed E-state index contributed by atoms with van der Waals surface area (Å²) in [6.45, 7) is 0. The Morgan fingerprint density at radius 2 is 0.596 bits per heavy atom. The van der Waals surface area contributed by atoms with Crippen molar-refractivity contribution in [3.8, 4) is 27.9 Å². The van der Waals surface area contributed by atoms with E-state index in [1.165, 1.54) is 44.1 Å². The number of para-hydroxylation sites is 4. The standard InChI is InChI=1S/C54H39N3/c1-4-15-40(16-5-1)43-17-14-22-50(39-43)56(48-37-35-47(36-38-48)55(44-18-6-2-7-19-44)45-20-8-3-9-21-45)46-31-27-41(28-32-46)42-29-33-49(34-30-42)57-53-25-12-10-23-51(53)52-24-11-13-26-54(52)57/h1-39H. The van der Waals surface area contributed by atoms with Gasteiger partial charge in [-0.15, -0.1) is 0 Å². The lowest BCUT2D eigenvalue weighted by Crippen LogP contribution is -2.12. The van der Waals surface area contributed by atoms with Crippen molar-refractivity contribution < 1.29 is 0 Å². The molecule has 0 aliphatic rings. The second-order valence-corrected chi connectivity index (χ2v) is 14.2. The van der Waals surface area contributed by atoms with E-state index < -0.39 is 0 Å². The maximum atomic E-state index is 2.36. The zero-order valence-electron chi connectivity index (χ0n) is 31.4. The highest BCUT2D eigenvalue weighted by molar-refractivity contribution is 6.09. The Kier molecular flexibility index (Phi) is 8.86. The van der Waals surface area contributed by atoms with E-state index in [1.54, 1.807) is 0 Å². The molecular formula is C54H39N3. The van der Waals surface area contributed by atoms with Gasteiger partial charge in [-0.05, 0) is 119 Å². The smallest absolute Gasteiger partial charge is 0.0541 e. The molecule has 0 unspecified atom stereocenters. The fourth-order valence-corrected chi connectivity index (χ4v) is 8.06. The van der Waals surface area contributed by atoms with Crippen molar-refractivity contribution in [3.63, 3.8) is 0 Å². The van der Waals surface area contributed by atoms with Gasteiger partial charge in [0, 0.05) is 50.6 Å².